The molecule has 1 atom stereocenters. The van der Waals surface area contributed by atoms with Gasteiger partial charge in [0.05, 0.1) is 0 Å². The van der Waals surface area contributed by atoms with E-state index in [1.807, 2.05) is 0 Å². The van der Waals surface area contributed by atoms with Crippen LogP contribution in [0.25, 0.3) is 0 Å². The maximum atomic E-state index is 3.65. The molecule has 1 aromatic rings. The Labute approximate surface area is 99.3 Å². The van der Waals surface area contributed by atoms with Crippen LogP contribution >= 0.6 is 0 Å². The Morgan fingerprint density at radius 3 is 2.38 bits per heavy atom. The third-order valence-corrected chi connectivity index (χ3v) is 3.90. The van der Waals surface area contributed by atoms with Crippen LogP contribution < -0.4 is 5.32 Å². The molecular formula is C15H23N. The van der Waals surface area contributed by atoms with Gasteiger partial charge in [0.15, 0.2) is 0 Å². The number of hydrogen-bond donors (Lipinski definition) is 1. The van der Waals surface area contributed by atoms with Gasteiger partial charge in [-0.15, -0.1) is 0 Å². The first-order valence-corrected chi connectivity index (χ1v) is 6.38. The molecule has 0 radical (unpaired) electrons. The fourth-order valence-electron chi connectivity index (χ4n) is 2.24. The van der Waals surface area contributed by atoms with Gasteiger partial charge >= 0.3 is 0 Å². The quantitative estimate of drug-likeness (QED) is 0.814. The Morgan fingerprint density at radius 2 is 1.75 bits per heavy atom. The Kier molecular flexibility index (Phi) is 3.34. The minimum Gasteiger partial charge on any atom is -0.310 e. The van der Waals surface area contributed by atoms with Crippen molar-refractivity contribution in [3.8, 4) is 0 Å². The molecule has 1 aliphatic rings. The zero-order chi connectivity index (χ0) is 11.7. The number of benzene rings is 1. The van der Waals surface area contributed by atoms with Crippen molar-refractivity contribution in [2.24, 2.45) is 5.92 Å². The molecule has 0 bridgehead atoms. The topological polar surface area (TPSA) is 12.0 Å². The lowest BCUT2D eigenvalue weighted by Crippen LogP contribution is -2.27. The second-order valence-electron chi connectivity index (χ2n) is 5.37. The van der Waals surface area contributed by atoms with E-state index in [4.69, 9.17) is 0 Å². The van der Waals surface area contributed by atoms with E-state index in [-0.39, 0.29) is 0 Å². The molecular weight excluding hydrogens is 194 g/mol. The molecule has 88 valence electrons. The minimum atomic E-state index is 0.681. The zero-order valence-corrected chi connectivity index (χ0v) is 10.9. The lowest BCUT2D eigenvalue weighted by molar-refractivity contribution is 0.495. The van der Waals surface area contributed by atoms with Gasteiger partial charge < -0.3 is 5.32 Å². The van der Waals surface area contributed by atoms with Crippen LogP contribution in [0.3, 0.4) is 0 Å². The number of rotatable bonds is 4. The van der Waals surface area contributed by atoms with Gasteiger partial charge in [-0.2, -0.15) is 0 Å². The summed E-state index contributed by atoms with van der Waals surface area (Å²) in [6, 6.07) is 5.31. The second-order valence-corrected chi connectivity index (χ2v) is 5.37. The first kappa shape index (κ1) is 11.7. The van der Waals surface area contributed by atoms with Crippen LogP contribution in [-0.2, 0) is 6.54 Å². The smallest absolute Gasteiger partial charge is 0.0210 e. The maximum Gasteiger partial charge on any atom is 0.0210 e. The van der Waals surface area contributed by atoms with E-state index in [1.165, 1.54) is 35.1 Å². The summed E-state index contributed by atoms with van der Waals surface area (Å²) in [6.07, 6.45) is 2.83. The summed E-state index contributed by atoms with van der Waals surface area (Å²) >= 11 is 0. The fourth-order valence-corrected chi connectivity index (χ4v) is 2.24. The second kappa shape index (κ2) is 4.58. The van der Waals surface area contributed by atoms with Crippen LogP contribution in [0.1, 0.15) is 42.0 Å². The van der Waals surface area contributed by atoms with Crippen molar-refractivity contribution < 1.29 is 0 Å². The number of aryl methyl sites for hydroxylation is 3. The van der Waals surface area contributed by atoms with E-state index < -0.39 is 0 Å². The molecule has 0 saturated heterocycles. The average Bonchev–Trinajstić information content (AvgIpc) is 3.04. The monoisotopic (exact) mass is 217 g/mol. The van der Waals surface area contributed by atoms with Gasteiger partial charge in [-0.1, -0.05) is 12.1 Å². The Bertz CT molecular complexity index is 377. The molecule has 1 saturated carbocycles. The summed E-state index contributed by atoms with van der Waals surface area (Å²) in [7, 11) is 0. The highest BCUT2D eigenvalue weighted by Crippen LogP contribution is 2.32. The van der Waals surface area contributed by atoms with Crippen molar-refractivity contribution >= 4 is 0 Å². The van der Waals surface area contributed by atoms with Crippen molar-refractivity contribution in [2.45, 2.75) is 53.1 Å². The highest BCUT2D eigenvalue weighted by Gasteiger charge is 2.27. The molecule has 0 amide bonds. The van der Waals surface area contributed by atoms with Crippen molar-refractivity contribution in [1.29, 1.82) is 0 Å². The highest BCUT2D eigenvalue weighted by molar-refractivity contribution is 5.36. The van der Waals surface area contributed by atoms with E-state index in [0.29, 0.717) is 6.04 Å². The maximum absolute atomic E-state index is 3.65. The standard InChI is InChI=1S/C15H23N/c1-10-7-12(3)15(8-11(10)2)9-16-13(4)14-5-6-14/h7-8,13-14,16H,5-6,9H2,1-4H3. The third-order valence-electron chi connectivity index (χ3n) is 3.90. The molecule has 16 heavy (non-hydrogen) atoms. The van der Waals surface area contributed by atoms with Gasteiger partial charge in [0, 0.05) is 12.6 Å². The van der Waals surface area contributed by atoms with Crippen molar-refractivity contribution in [3.63, 3.8) is 0 Å². The summed E-state index contributed by atoms with van der Waals surface area (Å²) in [5.74, 6) is 0.937. The zero-order valence-electron chi connectivity index (χ0n) is 10.9. The van der Waals surface area contributed by atoms with Crippen LogP contribution in [0.15, 0.2) is 12.1 Å². The summed E-state index contributed by atoms with van der Waals surface area (Å²) in [4.78, 5) is 0. The molecule has 1 fully saturated rings. The largest absolute Gasteiger partial charge is 0.310 e. The molecule has 1 heteroatoms. The number of hydrogen-bond acceptors (Lipinski definition) is 1. The van der Waals surface area contributed by atoms with Gasteiger partial charge in [-0.3, -0.25) is 0 Å². The number of nitrogens with one attached hydrogen (secondary N) is 1. The summed E-state index contributed by atoms with van der Waals surface area (Å²) in [5.41, 5.74) is 5.67. The minimum absolute atomic E-state index is 0.681. The summed E-state index contributed by atoms with van der Waals surface area (Å²) < 4.78 is 0. The molecule has 1 N–H and O–H groups in total. The van der Waals surface area contributed by atoms with Crippen molar-refractivity contribution in [3.05, 3.63) is 34.4 Å². The lowest BCUT2D eigenvalue weighted by Gasteiger charge is -2.15. The molecule has 1 aliphatic carbocycles. The highest BCUT2D eigenvalue weighted by atomic mass is 14.9. The Hall–Kier alpha value is -0.820. The summed E-state index contributed by atoms with van der Waals surface area (Å²) in [5, 5.41) is 3.65. The van der Waals surface area contributed by atoms with Gasteiger partial charge in [-0.05, 0) is 68.7 Å². The Balaban J connectivity index is 2.00. The fraction of sp³-hybridized carbons (Fsp3) is 0.600. The molecule has 1 aromatic carbocycles. The molecule has 0 aliphatic heterocycles. The molecule has 1 unspecified atom stereocenters. The van der Waals surface area contributed by atoms with Gasteiger partial charge in [0.25, 0.3) is 0 Å². The van der Waals surface area contributed by atoms with Gasteiger partial charge in [0.1, 0.15) is 0 Å². The predicted molar refractivity (Wildman–Crippen MR) is 69.7 cm³/mol. The molecule has 2 rings (SSSR count). The van der Waals surface area contributed by atoms with E-state index in [2.05, 4.69) is 45.1 Å². The summed E-state index contributed by atoms with van der Waals surface area (Å²) in [6.45, 7) is 9.93. The first-order chi connectivity index (χ1) is 7.58. The predicted octanol–water partition coefficient (Wildman–Crippen LogP) is 3.50. The normalized spacial score (nSPS) is 17.5. The molecule has 0 aromatic heterocycles. The lowest BCUT2D eigenvalue weighted by atomic mass is 10.0. The van der Waals surface area contributed by atoms with E-state index in [0.717, 1.165) is 12.5 Å². The average molecular weight is 217 g/mol. The van der Waals surface area contributed by atoms with Crippen LogP contribution in [0.2, 0.25) is 0 Å². The third kappa shape index (κ3) is 2.65. The van der Waals surface area contributed by atoms with Crippen LogP contribution in [0, 0.1) is 26.7 Å². The van der Waals surface area contributed by atoms with Gasteiger partial charge in [-0.25, -0.2) is 0 Å². The molecule has 1 nitrogen and oxygen atoms in total. The van der Waals surface area contributed by atoms with E-state index in [1.54, 1.807) is 0 Å². The molecule has 0 spiro atoms. The van der Waals surface area contributed by atoms with E-state index >= 15 is 0 Å². The van der Waals surface area contributed by atoms with Crippen molar-refractivity contribution in [2.75, 3.05) is 0 Å². The van der Waals surface area contributed by atoms with Crippen LogP contribution in [-0.4, -0.2) is 6.04 Å². The van der Waals surface area contributed by atoms with Crippen molar-refractivity contribution in [1.82, 2.24) is 5.32 Å². The van der Waals surface area contributed by atoms with Gasteiger partial charge in [0.2, 0.25) is 0 Å². The SMILES string of the molecule is Cc1cc(C)c(CNC(C)C2CC2)cc1C. The Morgan fingerprint density at radius 1 is 1.12 bits per heavy atom. The van der Waals surface area contributed by atoms with Crippen LogP contribution in [0.5, 0.6) is 0 Å². The first-order valence-electron chi connectivity index (χ1n) is 6.38. The van der Waals surface area contributed by atoms with Crippen LogP contribution in [0.4, 0.5) is 0 Å². The molecule has 0 heterocycles. The van der Waals surface area contributed by atoms with E-state index in [9.17, 15) is 0 Å².